The molecule has 5 atom stereocenters. The van der Waals surface area contributed by atoms with Crippen molar-refractivity contribution < 1.29 is 23.9 Å². The molecule has 3 rings (SSSR count). The van der Waals surface area contributed by atoms with Crippen molar-refractivity contribution in [3.63, 3.8) is 0 Å². The zero-order chi connectivity index (χ0) is 17.9. The summed E-state index contributed by atoms with van der Waals surface area (Å²) in [5, 5.41) is 0. The van der Waals surface area contributed by atoms with Crippen LogP contribution in [-0.2, 0) is 23.9 Å². The van der Waals surface area contributed by atoms with Gasteiger partial charge in [0.2, 0.25) is 0 Å². The van der Waals surface area contributed by atoms with Crippen LogP contribution in [0.4, 0.5) is 0 Å². The molecule has 0 aromatic rings. The van der Waals surface area contributed by atoms with Gasteiger partial charge in [0.05, 0.1) is 5.41 Å². The van der Waals surface area contributed by atoms with Gasteiger partial charge in [-0.15, -0.1) is 0 Å². The van der Waals surface area contributed by atoms with Crippen LogP contribution in [0, 0.1) is 28.1 Å². The average Bonchev–Trinajstić information content (AvgIpc) is 2.82. The van der Waals surface area contributed by atoms with E-state index in [0.717, 1.165) is 25.7 Å². The second-order valence-corrected chi connectivity index (χ2v) is 8.97. The van der Waals surface area contributed by atoms with Crippen molar-refractivity contribution >= 4 is 17.7 Å². The molecule has 3 saturated carbocycles. The molecule has 0 saturated heterocycles. The van der Waals surface area contributed by atoms with Crippen molar-refractivity contribution in [2.45, 2.75) is 66.4 Å². The Kier molecular flexibility index (Phi) is 3.85. The third-order valence-corrected chi connectivity index (χ3v) is 7.03. The second kappa shape index (κ2) is 5.30. The minimum absolute atomic E-state index is 0.0788. The fourth-order valence-corrected chi connectivity index (χ4v) is 6.04. The van der Waals surface area contributed by atoms with E-state index in [9.17, 15) is 14.4 Å². The van der Waals surface area contributed by atoms with Gasteiger partial charge in [-0.05, 0) is 42.4 Å². The Balaban J connectivity index is 1.96. The maximum Gasteiger partial charge on any atom is 0.303 e. The predicted molar refractivity (Wildman–Crippen MR) is 87.0 cm³/mol. The van der Waals surface area contributed by atoms with E-state index >= 15 is 0 Å². The van der Waals surface area contributed by atoms with Crippen LogP contribution in [0.3, 0.4) is 0 Å². The molecule has 0 amide bonds. The Labute approximate surface area is 143 Å². The van der Waals surface area contributed by atoms with Crippen LogP contribution < -0.4 is 0 Å². The maximum atomic E-state index is 13.1. The molecule has 0 radical (unpaired) electrons. The highest BCUT2D eigenvalue weighted by molar-refractivity contribution is 5.91. The number of ether oxygens (including phenoxy) is 2. The van der Waals surface area contributed by atoms with E-state index in [2.05, 4.69) is 20.8 Å². The largest absolute Gasteiger partial charge is 0.461 e. The lowest BCUT2D eigenvalue weighted by Crippen LogP contribution is -2.60. The van der Waals surface area contributed by atoms with E-state index in [-0.39, 0.29) is 41.2 Å². The van der Waals surface area contributed by atoms with E-state index in [1.54, 1.807) is 0 Å². The Morgan fingerprint density at radius 1 is 1.00 bits per heavy atom. The van der Waals surface area contributed by atoms with Crippen molar-refractivity contribution in [1.29, 1.82) is 0 Å². The molecule has 5 heteroatoms. The first kappa shape index (κ1) is 17.4. The normalized spacial score (nSPS) is 41.8. The minimum Gasteiger partial charge on any atom is -0.461 e. The monoisotopic (exact) mass is 336 g/mol. The van der Waals surface area contributed by atoms with Crippen molar-refractivity contribution in [2.24, 2.45) is 28.1 Å². The smallest absolute Gasteiger partial charge is 0.303 e. The predicted octanol–water partition coefficient (Wildman–Crippen LogP) is 2.90. The number of fused-ring (bicyclic) bond motifs is 3. The summed E-state index contributed by atoms with van der Waals surface area (Å²) in [6.45, 7) is 9.17. The van der Waals surface area contributed by atoms with Crippen LogP contribution in [0.25, 0.3) is 0 Å². The molecule has 0 N–H and O–H groups in total. The standard InChI is InChI=1S/C19H28O5/c1-11(20)23-10-15(22)19-7-6-18(19,5)14-9-17(3,4)8-13(14)16(19)24-12(2)21/h13-14,16H,6-10H2,1-5H3/t13-,14+,16+,18-,19-/m1/s1. The molecule has 0 bridgehead atoms. The second-order valence-electron chi connectivity index (χ2n) is 8.97. The van der Waals surface area contributed by atoms with Gasteiger partial charge < -0.3 is 9.47 Å². The number of rotatable bonds is 4. The molecule has 3 aliphatic carbocycles. The molecule has 0 aromatic heterocycles. The molecule has 0 spiro atoms. The van der Waals surface area contributed by atoms with Crippen molar-refractivity contribution in [1.82, 2.24) is 0 Å². The summed E-state index contributed by atoms with van der Waals surface area (Å²) in [5.41, 5.74) is -0.639. The van der Waals surface area contributed by atoms with Crippen LogP contribution in [-0.4, -0.2) is 30.4 Å². The molecule has 0 heterocycles. The Hall–Kier alpha value is -1.39. The number of esters is 2. The van der Waals surface area contributed by atoms with Crippen LogP contribution in [0.1, 0.15) is 60.3 Å². The lowest BCUT2D eigenvalue weighted by atomic mass is 9.47. The third kappa shape index (κ3) is 2.23. The summed E-state index contributed by atoms with van der Waals surface area (Å²) < 4.78 is 10.7. The number of carbonyl (C=O) groups excluding carboxylic acids is 3. The quantitative estimate of drug-likeness (QED) is 0.738. The summed E-state index contributed by atoms with van der Waals surface area (Å²) in [6.07, 6.45) is 3.31. The molecule has 134 valence electrons. The van der Waals surface area contributed by atoms with Crippen molar-refractivity contribution in [3.05, 3.63) is 0 Å². The van der Waals surface area contributed by atoms with E-state index in [1.165, 1.54) is 13.8 Å². The van der Waals surface area contributed by atoms with E-state index in [1.807, 2.05) is 0 Å². The topological polar surface area (TPSA) is 69.7 Å². The highest BCUT2D eigenvalue weighted by atomic mass is 16.5. The molecule has 0 aromatic carbocycles. The molecule has 3 aliphatic rings. The van der Waals surface area contributed by atoms with Gasteiger partial charge in [-0.3, -0.25) is 14.4 Å². The van der Waals surface area contributed by atoms with Crippen LogP contribution in [0.15, 0.2) is 0 Å². The molecule has 0 aliphatic heterocycles. The molecule has 3 fully saturated rings. The number of carbonyl (C=O) groups is 3. The Bertz CT molecular complexity index is 595. The van der Waals surface area contributed by atoms with Gasteiger partial charge in [-0.2, -0.15) is 0 Å². The molecule has 0 unspecified atom stereocenters. The first-order valence-electron chi connectivity index (χ1n) is 8.87. The van der Waals surface area contributed by atoms with Gasteiger partial charge >= 0.3 is 11.9 Å². The van der Waals surface area contributed by atoms with Gasteiger partial charge in [0.1, 0.15) is 6.10 Å². The molecular formula is C19H28O5. The SMILES string of the molecule is CC(=O)OCC(=O)[C@@]12CC[C@]1(C)[C@H]1CC(C)(C)C[C@H]1[C@@H]2OC(C)=O. The molecular weight excluding hydrogens is 308 g/mol. The number of hydrogen-bond donors (Lipinski definition) is 0. The van der Waals surface area contributed by atoms with E-state index in [4.69, 9.17) is 9.47 Å². The highest BCUT2D eigenvalue weighted by Crippen LogP contribution is 2.76. The highest BCUT2D eigenvalue weighted by Gasteiger charge is 2.77. The summed E-state index contributed by atoms with van der Waals surface area (Å²) in [5.74, 6) is -0.266. The zero-order valence-corrected chi connectivity index (χ0v) is 15.3. The maximum absolute atomic E-state index is 13.1. The first-order chi connectivity index (χ1) is 11.0. The van der Waals surface area contributed by atoms with Crippen LogP contribution >= 0.6 is 0 Å². The van der Waals surface area contributed by atoms with E-state index in [0.29, 0.717) is 5.92 Å². The van der Waals surface area contributed by atoms with Crippen LogP contribution in [0.2, 0.25) is 0 Å². The van der Waals surface area contributed by atoms with Crippen molar-refractivity contribution in [2.75, 3.05) is 6.61 Å². The lowest BCUT2D eigenvalue weighted by molar-refractivity contribution is -0.184. The summed E-state index contributed by atoms with van der Waals surface area (Å²) >= 11 is 0. The molecule has 5 nitrogen and oxygen atoms in total. The number of hydrogen-bond acceptors (Lipinski definition) is 5. The fourth-order valence-electron chi connectivity index (χ4n) is 6.04. The van der Waals surface area contributed by atoms with E-state index < -0.39 is 11.4 Å². The fraction of sp³-hybridized carbons (Fsp3) is 0.842. The van der Waals surface area contributed by atoms with Gasteiger partial charge in [-0.25, -0.2) is 0 Å². The Morgan fingerprint density at radius 3 is 2.17 bits per heavy atom. The van der Waals surface area contributed by atoms with Gasteiger partial charge in [0, 0.05) is 19.8 Å². The average molecular weight is 336 g/mol. The van der Waals surface area contributed by atoms with Crippen molar-refractivity contribution in [3.8, 4) is 0 Å². The first-order valence-corrected chi connectivity index (χ1v) is 8.87. The Morgan fingerprint density at radius 2 is 1.67 bits per heavy atom. The van der Waals surface area contributed by atoms with Gasteiger partial charge in [-0.1, -0.05) is 20.8 Å². The van der Waals surface area contributed by atoms with Gasteiger partial charge in [0.25, 0.3) is 0 Å². The summed E-state index contributed by atoms with van der Waals surface area (Å²) in [4.78, 5) is 35.9. The minimum atomic E-state index is -0.681. The number of ketones is 1. The zero-order valence-electron chi connectivity index (χ0n) is 15.3. The third-order valence-electron chi connectivity index (χ3n) is 7.03. The molecule has 24 heavy (non-hydrogen) atoms. The lowest BCUT2D eigenvalue weighted by Gasteiger charge is -2.56. The van der Waals surface area contributed by atoms with Gasteiger partial charge in [0.15, 0.2) is 12.4 Å². The summed E-state index contributed by atoms with van der Waals surface area (Å²) in [7, 11) is 0. The number of Topliss-reactive ketones (excluding diaryl/α,β-unsaturated/α-hetero) is 1. The summed E-state index contributed by atoms with van der Waals surface area (Å²) in [6, 6.07) is 0. The van der Waals surface area contributed by atoms with Crippen LogP contribution in [0.5, 0.6) is 0 Å².